The molecule has 3 unspecified atom stereocenters. The van der Waals surface area contributed by atoms with Crippen LogP contribution in [-0.2, 0) is 4.79 Å². The molecule has 0 bridgehead atoms. The maximum Gasteiger partial charge on any atom is 0.254 e. The first-order valence-corrected chi connectivity index (χ1v) is 13.5. The maximum atomic E-state index is 13.7. The molecular weight excluding hydrogens is 442 g/mol. The third-order valence-corrected chi connectivity index (χ3v) is 8.94. The van der Waals surface area contributed by atoms with Gasteiger partial charge in [0.05, 0.1) is 0 Å². The number of hydrogen-bond acceptors (Lipinski definition) is 4. The Balaban J connectivity index is 1.29. The van der Waals surface area contributed by atoms with Crippen LogP contribution in [0, 0.1) is 17.3 Å². The smallest absolute Gasteiger partial charge is 0.254 e. The van der Waals surface area contributed by atoms with Gasteiger partial charge in [-0.2, -0.15) is 12.6 Å². The lowest BCUT2D eigenvalue weighted by Crippen LogP contribution is -2.57. The minimum absolute atomic E-state index is 0.0508. The van der Waals surface area contributed by atoms with E-state index in [1.165, 1.54) is 19.3 Å². The molecule has 1 aliphatic heterocycles. The predicted molar refractivity (Wildman–Crippen MR) is 140 cm³/mol. The summed E-state index contributed by atoms with van der Waals surface area (Å²) in [6.07, 6.45) is 5.99. The summed E-state index contributed by atoms with van der Waals surface area (Å²) < 4.78 is 0. The molecule has 5 nitrogen and oxygen atoms in total. The Bertz CT molecular complexity index is 1050. The highest BCUT2D eigenvalue weighted by molar-refractivity contribution is 7.80. The summed E-state index contributed by atoms with van der Waals surface area (Å²) >= 11 is 4.66. The fourth-order valence-electron chi connectivity index (χ4n) is 5.89. The molecule has 3 aliphatic rings. The summed E-state index contributed by atoms with van der Waals surface area (Å²) in [6, 6.07) is 14.7. The molecule has 2 aromatic carbocycles. The molecule has 0 radical (unpaired) electrons. The van der Waals surface area contributed by atoms with Gasteiger partial charge in [-0.15, -0.1) is 0 Å². The minimum atomic E-state index is 0.0508. The highest BCUT2D eigenvalue weighted by Crippen LogP contribution is 2.51. The van der Waals surface area contributed by atoms with Crippen molar-refractivity contribution in [3.8, 4) is 0 Å². The number of amides is 2. The Morgan fingerprint density at radius 3 is 2.68 bits per heavy atom. The molecule has 6 heteroatoms. The summed E-state index contributed by atoms with van der Waals surface area (Å²) in [7, 11) is 0. The molecule has 3 atom stereocenters. The Labute approximate surface area is 208 Å². The second-order valence-corrected chi connectivity index (χ2v) is 11.1. The fourth-order valence-corrected chi connectivity index (χ4v) is 6.31. The number of piperazine rings is 1. The fraction of sp³-hybridized carbons (Fsp3) is 0.571. The first kappa shape index (κ1) is 23.7. The number of carbonyl (C=O) groups excluding carboxylic acids is 2. The SMILES string of the molecule is CC(=O)NCCCC1CC1C1CN(C(=O)c2cccc3ccccc23)CCN1CC1(CS)CC1. The van der Waals surface area contributed by atoms with Crippen LogP contribution in [0.4, 0.5) is 0 Å². The van der Waals surface area contributed by atoms with Crippen molar-refractivity contribution >= 4 is 35.2 Å². The molecule has 0 spiro atoms. The van der Waals surface area contributed by atoms with Crippen LogP contribution in [0.25, 0.3) is 10.8 Å². The highest BCUT2D eigenvalue weighted by atomic mass is 32.1. The van der Waals surface area contributed by atoms with E-state index in [9.17, 15) is 9.59 Å². The summed E-state index contributed by atoms with van der Waals surface area (Å²) in [5, 5.41) is 5.09. The number of nitrogens with one attached hydrogen (secondary N) is 1. The first-order chi connectivity index (χ1) is 16.5. The average molecular weight is 480 g/mol. The molecule has 182 valence electrons. The van der Waals surface area contributed by atoms with Crippen molar-refractivity contribution in [3.05, 3.63) is 48.0 Å². The summed E-state index contributed by atoms with van der Waals surface area (Å²) in [4.78, 5) is 29.6. The van der Waals surface area contributed by atoms with E-state index in [1.807, 2.05) is 24.3 Å². The van der Waals surface area contributed by atoms with Gasteiger partial charge < -0.3 is 10.2 Å². The van der Waals surface area contributed by atoms with Gasteiger partial charge in [0.1, 0.15) is 0 Å². The van der Waals surface area contributed by atoms with Gasteiger partial charge in [0.2, 0.25) is 5.91 Å². The predicted octanol–water partition coefficient (Wildman–Crippen LogP) is 4.23. The van der Waals surface area contributed by atoms with E-state index in [0.29, 0.717) is 23.3 Å². The van der Waals surface area contributed by atoms with E-state index in [-0.39, 0.29) is 11.8 Å². The molecule has 2 aliphatic carbocycles. The van der Waals surface area contributed by atoms with Crippen LogP contribution in [0.5, 0.6) is 0 Å². The summed E-state index contributed by atoms with van der Waals surface area (Å²) in [6.45, 7) is 6.02. The van der Waals surface area contributed by atoms with Crippen molar-refractivity contribution in [3.63, 3.8) is 0 Å². The molecule has 34 heavy (non-hydrogen) atoms. The van der Waals surface area contributed by atoms with Gasteiger partial charge >= 0.3 is 0 Å². The Hall–Kier alpha value is -2.05. The van der Waals surface area contributed by atoms with E-state index >= 15 is 0 Å². The van der Waals surface area contributed by atoms with Gasteiger partial charge in [0, 0.05) is 51.3 Å². The summed E-state index contributed by atoms with van der Waals surface area (Å²) in [5.74, 6) is 2.53. The van der Waals surface area contributed by atoms with Crippen molar-refractivity contribution in [2.45, 2.75) is 45.1 Å². The van der Waals surface area contributed by atoms with Crippen molar-refractivity contribution in [1.82, 2.24) is 15.1 Å². The number of thiol groups is 1. The molecule has 2 saturated carbocycles. The molecule has 1 saturated heterocycles. The number of benzene rings is 2. The zero-order chi connectivity index (χ0) is 23.7. The first-order valence-electron chi connectivity index (χ1n) is 12.9. The van der Waals surface area contributed by atoms with Gasteiger partial charge in [0.15, 0.2) is 0 Å². The zero-order valence-electron chi connectivity index (χ0n) is 20.2. The molecule has 1 heterocycles. The van der Waals surface area contributed by atoms with Crippen molar-refractivity contribution in [2.24, 2.45) is 17.3 Å². The van der Waals surface area contributed by atoms with Crippen LogP contribution in [0.3, 0.4) is 0 Å². The minimum Gasteiger partial charge on any atom is -0.356 e. The second kappa shape index (κ2) is 9.90. The van der Waals surface area contributed by atoms with Gasteiger partial charge in [-0.25, -0.2) is 0 Å². The van der Waals surface area contributed by atoms with E-state index in [4.69, 9.17) is 0 Å². The van der Waals surface area contributed by atoms with Gasteiger partial charge in [-0.05, 0) is 71.9 Å². The van der Waals surface area contributed by atoms with Gasteiger partial charge in [-0.3, -0.25) is 14.5 Å². The standard InChI is InChI=1S/C28H37N3O2S/c1-20(32)29-13-5-8-22-16-25(22)26-17-30(14-15-31(26)18-28(19-34)11-12-28)27(33)24-10-4-7-21-6-2-3-9-23(21)24/h2-4,6-7,9-10,22,25-26,34H,5,8,11-19H2,1H3,(H,29,32). The van der Waals surface area contributed by atoms with Gasteiger partial charge in [0.25, 0.3) is 5.91 Å². The average Bonchev–Trinajstić information content (AvgIpc) is 3.78. The highest BCUT2D eigenvalue weighted by Gasteiger charge is 2.50. The Morgan fingerprint density at radius 1 is 1.12 bits per heavy atom. The van der Waals surface area contributed by atoms with Crippen LogP contribution >= 0.6 is 12.6 Å². The van der Waals surface area contributed by atoms with Crippen molar-refractivity contribution < 1.29 is 9.59 Å². The lowest BCUT2D eigenvalue weighted by Gasteiger charge is -2.43. The number of carbonyl (C=O) groups is 2. The van der Waals surface area contributed by atoms with E-state index < -0.39 is 0 Å². The van der Waals surface area contributed by atoms with E-state index in [0.717, 1.165) is 67.7 Å². The molecular formula is C28H37N3O2S. The quantitative estimate of drug-likeness (QED) is 0.418. The third kappa shape index (κ3) is 5.13. The molecule has 0 aromatic heterocycles. The number of nitrogens with zero attached hydrogens (tertiary/aromatic N) is 2. The molecule has 2 aromatic rings. The second-order valence-electron chi connectivity index (χ2n) is 10.8. The molecule has 1 N–H and O–H groups in total. The lowest BCUT2D eigenvalue weighted by molar-refractivity contribution is -0.118. The summed E-state index contributed by atoms with van der Waals surface area (Å²) in [5.41, 5.74) is 1.21. The van der Waals surface area contributed by atoms with Crippen LogP contribution < -0.4 is 5.32 Å². The molecule has 2 amide bonds. The van der Waals surface area contributed by atoms with Crippen LogP contribution in [0.2, 0.25) is 0 Å². The van der Waals surface area contributed by atoms with Crippen LogP contribution in [0.1, 0.15) is 49.4 Å². The zero-order valence-corrected chi connectivity index (χ0v) is 21.1. The normalized spacial score (nSPS) is 25.8. The van der Waals surface area contributed by atoms with Crippen molar-refractivity contribution in [2.75, 3.05) is 38.5 Å². The van der Waals surface area contributed by atoms with Crippen LogP contribution in [-0.4, -0.2) is 66.1 Å². The van der Waals surface area contributed by atoms with Gasteiger partial charge in [-0.1, -0.05) is 36.4 Å². The Kier molecular flexibility index (Phi) is 6.90. The molecule has 5 rings (SSSR count). The molecule has 3 fully saturated rings. The Morgan fingerprint density at radius 2 is 1.91 bits per heavy atom. The van der Waals surface area contributed by atoms with E-state index in [1.54, 1.807) is 6.92 Å². The largest absolute Gasteiger partial charge is 0.356 e. The van der Waals surface area contributed by atoms with Crippen molar-refractivity contribution in [1.29, 1.82) is 0 Å². The number of rotatable bonds is 9. The topological polar surface area (TPSA) is 52.7 Å². The van der Waals surface area contributed by atoms with E-state index in [2.05, 4.69) is 45.9 Å². The lowest BCUT2D eigenvalue weighted by atomic mass is 9.98. The maximum absolute atomic E-state index is 13.7. The number of hydrogen-bond donors (Lipinski definition) is 2. The third-order valence-electron chi connectivity index (χ3n) is 8.27. The monoisotopic (exact) mass is 479 g/mol. The van der Waals surface area contributed by atoms with Crippen LogP contribution in [0.15, 0.2) is 42.5 Å². The number of fused-ring (bicyclic) bond motifs is 1.